The van der Waals surface area contributed by atoms with Gasteiger partial charge < -0.3 is 23.7 Å². The summed E-state index contributed by atoms with van der Waals surface area (Å²) in [5.74, 6) is 0.104. The topological polar surface area (TPSA) is 115 Å². The third-order valence-corrected chi connectivity index (χ3v) is 9.67. The summed E-state index contributed by atoms with van der Waals surface area (Å²) in [5, 5.41) is 2.23. The quantitative estimate of drug-likeness (QED) is 0.137. The normalized spacial score (nSPS) is 14.1. The maximum absolute atomic E-state index is 14.4. The van der Waals surface area contributed by atoms with Crippen LogP contribution in [0.25, 0.3) is 16.8 Å². The maximum atomic E-state index is 14.4. The van der Waals surface area contributed by atoms with Crippen molar-refractivity contribution < 1.29 is 33.3 Å². The number of hydrogen-bond donors (Lipinski definition) is 0. The molecule has 2 heterocycles. The summed E-state index contributed by atoms with van der Waals surface area (Å²) in [6.07, 6.45) is 1.78. The first kappa shape index (κ1) is 35.6. The minimum absolute atomic E-state index is 0.141. The van der Waals surface area contributed by atoms with E-state index in [9.17, 15) is 14.4 Å². The third-order valence-electron chi connectivity index (χ3n) is 8.20. The van der Waals surface area contributed by atoms with Crippen LogP contribution in [0.1, 0.15) is 43.5 Å². The van der Waals surface area contributed by atoms with Crippen LogP contribution in [0.2, 0.25) is 0 Å². The Morgan fingerprint density at radius 2 is 1.71 bits per heavy atom. The van der Waals surface area contributed by atoms with E-state index < -0.39 is 18.0 Å². The van der Waals surface area contributed by atoms with Crippen LogP contribution in [0, 0.1) is 0 Å². The summed E-state index contributed by atoms with van der Waals surface area (Å²) in [4.78, 5) is 44.7. The van der Waals surface area contributed by atoms with E-state index in [1.807, 2.05) is 49.4 Å². The Labute approximate surface area is 306 Å². The zero-order valence-electron chi connectivity index (χ0n) is 28.4. The van der Waals surface area contributed by atoms with E-state index in [2.05, 4.69) is 34.1 Å². The zero-order chi connectivity index (χ0) is 36.1. The molecule has 0 aliphatic carbocycles. The number of methoxy groups -OCH3 is 1. The fourth-order valence-electron chi connectivity index (χ4n) is 5.86. The van der Waals surface area contributed by atoms with E-state index in [-0.39, 0.29) is 24.3 Å². The van der Waals surface area contributed by atoms with Crippen molar-refractivity contribution in [3.05, 3.63) is 131 Å². The number of fused-ring (bicyclic) bond motifs is 2. The molecule has 10 nitrogen and oxygen atoms in total. The van der Waals surface area contributed by atoms with Crippen LogP contribution in [-0.2, 0) is 25.7 Å². The number of thiazole rings is 1. The SMILES string of the molecule is CCOC(=O)C1=C(C)N=c2s/c(=C\c3cc(Br)ccc3OCc3cccc4ccccc34)c(=O)n2[C@@H]1c1ccc(OCC(=O)OC)c(OCC)c1. The predicted molar refractivity (Wildman–Crippen MR) is 198 cm³/mol. The molecule has 6 rings (SSSR count). The molecular weight excluding hydrogens is 736 g/mol. The molecule has 1 aliphatic heterocycles. The maximum Gasteiger partial charge on any atom is 0.343 e. The second-order valence-corrected chi connectivity index (χ2v) is 13.3. The fraction of sp³-hybridized carbons (Fsp3) is 0.231. The lowest BCUT2D eigenvalue weighted by Crippen LogP contribution is -2.40. The number of benzene rings is 4. The molecule has 262 valence electrons. The average molecular weight is 772 g/mol. The number of nitrogens with zero attached hydrogens (tertiary/aromatic N) is 2. The monoisotopic (exact) mass is 770 g/mol. The van der Waals surface area contributed by atoms with Crippen LogP contribution in [0.3, 0.4) is 0 Å². The highest BCUT2D eigenvalue weighted by molar-refractivity contribution is 9.10. The molecule has 0 spiro atoms. The fourth-order valence-corrected chi connectivity index (χ4v) is 7.28. The van der Waals surface area contributed by atoms with Crippen molar-refractivity contribution in [2.75, 3.05) is 26.9 Å². The number of esters is 2. The van der Waals surface area contributed by atoms with Crippen molar-refractivity contribution in [2.45, 2.75) is 33.4 Å². The van der Waals surface area contributed by atoms with Gasteiger partial charge in [0.25, 0.3) is 5.56 Å². The Bertz CT molecular complexity index is 2340. The van der Waals surface area contributed by atoms with Gasteiger partial charge in [-0.25, -0.2) is 14.6 Å². The van der Waals surface area contributed by atoms with Gasteiger partial charge in [0.1, 0.15) is 12.4 Å². The van der Waals surface area contributed by atoms with Crippen LogP contribution in [0.4, 0.5) is 0 Å². The summed E-state index contributed by atoms with van der Waals surface area (Å²) in [6.45, 7) is 5.71. The standard InChI is InChI=1S/C39H35BrN2O8S/c1-5-47-32-19-25(14-16-31(32)50-22-34(43)46-4)36-35(38(45)48-6-2)23(3)41-39-42(36)37(44)33(51-39)20-27-18-28(40)15-17-30(27)49-21-26-12-9-11-24-10-7-8-13-29(24)26/h7-20,36H,5-6,21-22H2,1-4H3/b33-20-/t36-/m1/s1. The lowest BCUT2D eigenvalue weighted by molar-refractivity contribution is -0.143. The number of carbonyl (C=O) groups is 2. The predicted octanol–water partition coefficient (Wildman–Crippen LogP) is 6.24. The van der Waals surface area contributed by atoms with Crippen LogP contribution >= 0.6 is 27.3 Å². The Hall–Kier alpha value is -5.20. The number of carbonyl (C=O) groups excluding carboxylic acids is 2. The lowest BCUT2D eigenvalue weighted by Gasteiger charge is -2.25. The minimum atomic E-state index is -0.888. The van der Waals surface area contributed by atoms with Crippen molar-refractivity contribution in [1.82, 2.24) is 4.57 Å². The first-order valence-corrected chi connectivity index (χ1v) is 17.9. The van der Waals surface area contributed by atoms with E-state index >= 15 is 0 Å². The summed E-state index contributed by atoms with van der Waals surface area (Å²) in [5.41, 5.74) is 2.60. The molecule has 0 N–H and O–H groups in total. The average Bonchev–Trinajstić information content (AvgIpc) is 3.43. The first-order valence-electron chi connectivity index (χ1n) is 16.3. The Morgan fingerprint density at radius 1 is 0.922 bits per heavy atom. The highest BCUT2D eigenvalue weighted by Gasteiger charge is 2.34. The van der Waals surface area contributed by atoms with Gasteiger partial charge in [0.05, 0.1) is 42.2 Å². The van der Waals surface area contributed by atoms with Gasteiger partial charge in [-0.2, -0.15) is 0 Å². The molecule has 0 bridgehead atoms. The molecule has 0 amide bonds. The van der Waals surface area contributed by atoms with E-state index in [1.165, 1.54) is 23.0 Å². The lowest BCUT2D eigenvalue weighted by atomic mass is 9.95. The van der Waals surface area contributed by atoms with Crippen LogP contribution < -0.4 is 29.1 Å². The van der Waals surface area contributed by atoms with Crippen molar-refractivity contribution >= 4 is 56.1 Å². The molecule has 0 saturated carbocycles. The van der Waals surface area contributed by atoms with E-state index in [1.54, 1.807) is 38.1 Å². The van der Waals surface area contributed by atoms with Gasteiger partial charge in [-0.1, -0.05) is 75.8 Å². The summed E-state index contributed by atoms with van der Waals surface area (Å²) < 4.78 is 30.8. The van der Waals surface area contributed by atoms with Gasteiger partial charge in [0, 0.05) is 10.0 Å². The molecule has 4 aromatic carbocycles. The van der Waals surface area contributed by atoms with Crippen molar-refractivity contribution in [3.63, 3.8) is 0 Å². The van der Waals surface area contributed by atoms with E-state index in [0.717, 1.165) is 20.8 Å². The van der Waals surface area contributed by atoms with Crippen molar-refractivity contribution in [3.8, 4) is 17.2 Å². The minimum Gasteiger partial charge on any atom is -0.490 e. The largest absolute Gasteiger partial charge is 0.490 e. The molecule has 1 aliphatic rings. The zero-order valence-corrected chi connectivity index (χ0v) is 30.8. The van der Waals surface area contributed by atoms with E-state index in [4.69, 9.17) is 28.7 Å². The number of ether oxygens (including phenoxy) is 5. The second kappa shape index (κ2) is 15.8. The van der Waals surface area contributed by atoms with E-state index in [0.29, 0.717) is 56.6 Å². The number of allylic oxidation sites excluding steroid dienone is 1. The van der Waals surface area contributed by atoms with Crippen LogP contribution in [0.5, 0.6) is 17.2 Å². The number of rotatable bonds is 12. The second-order valence-electron chi connectivity index (χ2n) is 11.4. The smallest absolute Gasteiger partial charge is 0.343 e. The number of hydrogen-bond acceptors (Lipinski definition) is 10. The molecule has 0 saturated heterocycles. The van der Waals surface area contributed by atoms with Crippen molar-refractivity contribution in [1.29, 1.82) is 0 Å². The first-order chi connectivity index (χ1) is 24.7. The summed E-state index contributed by atoms with van der Waals surface area (Å²) in [7, 11) is 1.27. The van der Waals surface area contributed by atoms with Gasteiger partial charge in [-0.05, 0) is 79.1 Å². The highest BCUT2D eigenvalue weighted by atomic mass is 79.9. The molecule has 0 unspecified atom stereocenters. The van der Waals surface area contributed by atoms with Gasteiger partial charge in [0.15, 0.2) is 22.9 Å². The Kier molecular flexibility index (Phi) is 11.0. The molecule has 0 radical (unpaired) electrons. The molecule has 51 heavy (non-hydrogen) atoms. The van der Waals surface area contributed by atoms with Gasteiger partial charge >= 0.3 is 11.9 Å². The molecular formula is C39H35BrN2O8S. The summed E-state index contributed by atoms with van der Waals surface area (Å²) >= 11 is 4.78. The molecule has 5 aromatic rings. The molecule has 1 aromatic heterocycles. The number of aromatic nitrogens is 1. The van der Waals surface area contributed by atoms with Gasteiger partial charge in [0.2, 0.25) is 0 Å². The van der Waals surface area contributed by atoms with Crippen LogP contribution in [-0.4, -0.2) is 43.4 Å². The molecule has 1 atom stereocenters. The van der Waals surface area contributed by atoms with Gasteiger partial charge in [-0.3, -0.25) is 9.36 Å². The van der Waals surface area contributed by atoms with Crippen molar-refractivity contribution in [2.24, 2.45) is 4.99 Å². The molecule has 12 heteroatoms. The molecule has 0 fully saturated rings. The van der Waals surface area contributed by atoms with Gasteiger partial charge in [-0.15, -0.1) is 0 Å². The highest BCUT2D eigenvalue weighted by Crippen LogP contribution is 2.36. The van der Waals surface area contributed by atoms with Crippen LogP contribution in [0.15, 0.2) is 104 Å². The Morgan fingerprint density at radius 3 is 2.49 bits per heavy atom. The Balaban J connectivity index is 1.44. The third kappa shape index (κ3) is 7.62. The number of halogens is 1. The summed E-state index contributed by atoms with van der Waals surface area (Å²) in [6, 6.07) is 24.1.